The molecular weight excluding hydrogens is 744 g/mol. The van der Waals surface area contributed by atoms with Crippen molar-refractivity contribution < 1.29 is 35.9 Å². The van der Waals surface area contributed by atoms with Gasteiger partial charge in [0.15, 0.2) is 0 Å². The van der Waals surface area contributed by atoms with Crippen LogP contribution >= 0.6 is 67.8 Å². The largest absolute Gasteiger partial charge is 0.516 e. The minimum Gasteiger partial charge on any atom is -0.423 e. The monoisotopic (exact) mass is 751 g/mol. The van der Waals surface area contributed by atoms with Crippen molar-refractivity contribution in [2.24, 2.45) is 0 Å². The highest BCUT2D eigenvalue weighted by Gasteiger charge is 2.47. The van der Waals surface area contributed by atoms with E-state index in [0.29, 0.717) is 3.57 Å². The number of amides is 1. The number of esters is 1. The van der Waals surface area contributed by atoms with Crippen molar-refractivity contribution in [2.45, 2.75) is 5.51 Å². The molecule has 2 aromatic carbocycles. The molecule has 0 aliphatic heterocycles. The first-order valence-electron chi connectivity index (χ1n) is 6.92. The Morgan fingerprint density at radius 3 is 2.29 bits per heavy atom. The van der Waals surface area contributed by atoms with Gasteiger partial charge in [-0.15, -0.1) is 0 Å². The van der Waals surface area contributed by atoms with Gasteiger partial charge in [-0.05, 0) is 98.1 Å². The maximum Gasteiger partial charge on any atom is 0.516 e. The first kappa shape index (κ1) is 23.6. The van der Waals surface area contributed by atoms with Gasteiger partial charge in [-0.1, -0.05) is 6.07 Å². The SMILES string of the molecule is O=C(NS(=O)(=O)C(F)(F)F)c1cccc(OC(=O)c2cc(I)cc(I)c2I)c1. The molecule has 0 atom stereocenters. The van der Waals surface area contributed by atoms with Crippen LogP contribution in [0.25, 0.3) is 0 Å². The zero-order valence-corrected chi connectivity index (χ0v) is 20.5. The first-order chi connectivity index (χ1) is 12.8. The Kier molecular flexibility index (Phi) is 7.57. The van der Waals surface area contributed by atoms with Crippen LogP contribution in [0.4, 0.5) is 13.2 Å². The second-order valence-corrected chi connectivity index (χ2v) is 10.2. The third-order valence-electron chi connectivity index (χ3n) is 3.05. The zero-order valence-electron chi connectivity index (χ0n) is 13.2. The number of carbonyl (C=O) groups excluding carboxylic acids is 2. The van der Waals surface area contributed by atoms with Crippen LogP contribution < -0.4 is 9.46 Å². The lowest BCUT2D eigenvalue weighted by atomic mass is 10.2. The van der Waals surface area contributed by atoms with Crippen LogP contribution in [0.5, 0.6) is 5.75 Å². The summed E-state index contributed by atoms with van der Waals surface area (Å²) in [7, 11) is -5.85. The Balaban J connectivity index is 2.25. The number of rotatable bonds is 4. The summed E-state index contributed by atoms with van der Waals surface area (Å²) in [5.74, 6) is -2.37. The van der Waals surface area contributed by atoms with Crippen molar-refractivity contribution in [2.75, 3.05) is 0 Å². The van der Waals surface area contributed by atoms with Crippen molar-refractivity contribution in [3.8, 4) is 5.75 Å². The lowest BCUT2D eigenvalue weighted by molar-refractivity contribution is -0.0446. The van der Waals surface area contributed by atoms with Crippen LogP contribution in [0.1, 0.15) is 20.7 Å². The molecule has 0 aromatic heterocycles. The van der Waals surface area contributed by atoms with Crippen LogP contribution in [-0.2, 0) is 10.0 Å². The Bertz CT molecular complexity index is 1060. The summed E-state index contributed by atoms with van der Waals surface area (Å²) in [5.41, 5.74) is -5.79. The smallest absolute Gasteiger partial charge is 0.423 e. The Morgan fingerprint density at radius 1 is 1.04 bits per heavy atom. The lowest BCUT2D eigenvalue weighted by Gasteiger charge is -2.11. The van der Waals surface area contributed by atoms with E-state index in [0.717, 1.165) is 24.0 Å². The van der Waals surface area contributed by atoms with Crippen molar-refractivity contribution in [1.29, 1.82) is 0 Å². The molecule has 1 amide bonds. The second kappa shape index (κ2) is 8.99. The predicted octanol–water partition coefficient (Wildman–Crippen LogP) is 4.30. The van der Waals surface area contributed by atoms with Crippen LogP contribution in [0.3, 0.4) is 0 Å². The van der Waals surface area contributed by atoms with E-state index in [1.807, 2.05) is 51.2 Å². The van der Waals surface area contributed by atoms with Crippen LogP contribution in [0.2, 0.25) is 0 Å². The summed E-state index contributed by atoms with van der Waals surface area (Å²) in [6.45, 7) is 0. The summed E-state index contributed by atoms with van der Waals surface area (Å²) in [5, 5.41) is 0. The predicted molar refractivity (Wildman–Crippen MR) is 118 cm³/mol. The molecule has 0 aliphatic carbocycles. The van der Waals surface area contributed by atoms with Crippen molar-refractivity contribution in [3.05, 3.63) is 58.2 Å². The lowest BCUT2D eigenvalue weighted by Crippen LogP contribution is -2.40. The van der Waals surface area contributed by atoms with E-state index in [9.17, 15) is 31.2 Å². The molecule has 0 saturated heterocycles. The molecule has 6 nitrogen and oxygen atoms in total. The number of carbonyl (C=O) groups is 2. The first-order valence-corrected chi connectivity index (χ1v) is 11.6. The molecule has 2 rings (SSSR count). The van der Waals surface area contributed by atoms with E-state index in [-0.39, 0.29) is 11.3 Å². The van der Waals surface area contributed by atoms with Gasteiger partial charge in [-0.2, -0.15) is 21.6 Å². The third-order valence-corrected chi connectivity index (χ3v) is 7.78. The Morgan fingerprint density at radius 2 is 1.68 bits per heavy atom. The van der Waals surface area contributed by atoms with Gasteiger partial charge in [-0.25, -0.2) is 9.52 Å². The minimum atomic E-state index is -5.85. The summed E-state index contributed by atoms with van der Waals surface area (Å²) in [6.07, 6.45) is 0. The van der Waals surface area contributed by atoms with Gasteiger partial charge in [0.2, 0.25) is 0 Å². The molecule has 0 saturated carbocycles. The fourth-order valence-electron chi connectivity index (χ4n) is 1.81. The topological polar surface area (TPSA) is 89.5 Å². The number of hydrogen-bond acceptors (Lipinski definition) is 5. The molecule has 0 radical (unpaired) electrons. The molecule has 0 bridgehead atoms. The molecular formula is C15H7F3I3NO5S. The number of benzene rings is 2. The van der Waals surface area contributed by atoms with Crippen molar-refractivity contribution >= 4 is 89.7 Å². The molecule has 0 aliphatic rings. The van der Waals surface area contributed by atoms with E-state index in [1.54, 1.807) is 6.07 Å². The van der Waals surface area contributed by atoms with Gasteiger partial charge in [0, 0.05) is 16.3 Å². The number of halogens is 6. The van der Waals surface area contributed by atoms with Gasteiger partial charge in [0.05, 0.1) is 5.56 Å². The normalized spacial score (nSPS) is 11.8. The minimum absolute atomic E-state index is 0.133. The highest BCUT2D eigenvalue weighted by atomic mass is 127. The number of ether oxygens (including phenoxy) is 1. The maximum absolute atomic E-state index is 12.4. The summed E-state index contributed by atoms with van der Waals surface area (Å²) < 4.78 is 67.6. The van der Waals surface area contributed by atoms with Crippen LogP contribution in [0, 0.1) is 10.7 Å². The number of nitrogens with one attached hydrogen (secondary N) is 1. The maximum atomic E-state index is 12.4. The highest BCUT2D eigenvalue weighted by molar-refractivity contribution is 14.1. The average Bonchev–Trinajstić information content (AvgIpc) is 2.56. The molecule has 0 spiro atoms. The summed E-state index contributed by atoms with van der Waals surface area (Å²) >= 11 is 6.05. The number of hydrogen-bond donors (Lipinski definition) is 1. The Labute approximate surface area is 198 Å². The van der Waals surface area contributed by atoms with Gasteiger partial charge in [-0.3, -0.25) is 4.79 Å². The molecule has 0 unspecified atom stereocenters. The van der Waals surface area contributed by atoms with E-state index < -0.39 is 33.0 Å². The molecule has 0 heterocycles. The third kappa shape index (κ3) is 5.68. The molecule has 28 heavy (non-hydrogen) atoms. The van der Waals surface area contributed by atoms with E-state index >= 15 is 0 Å². The van der Waals surface area contributed by atoms with E-state index in [2.05, 4.69) is 22.6 Å². The van der Waals surface area contributed by atoms with E-state index in [1.165, 1.54) is 12.1 Å². The van der Waals surface area contributed by atoms with Crippen LogP contribution in [-0.4, -0.2) is 25.8 Å². The highest BCUT2D eigenvalue weighted by Crippen LogP contribution is 2.25. The molecule has 1 N–H and O–H groups in total. The number of alkyl halides is 3. The standard InChI is InChI=1S/C15H7F3I3NO5S/c16-15(17,18)28(25,26)22-13(23)7-2-1-3-9(4-7)27-14(24)10-5-8(19)6-11(20)12(10)21/h1-6H,(H,22,23). The molecule has 2 aromatic rings. The average molecular weight is 751 g/mol. The Hall–Kier alpha value is -0.690. The van der Waals surface area contributed by atoms with Gasteiger partial charge < -0.3 is 4.74 Å². The summed E-state index contributed by atoms with van der Waals surface area (Å²) in [4.78, 5) is 24.2. The van der Waals surface area contributed by atoms with Crippen molar-refractivity contribution in [1.82, 2.24) is 4.72 Å². The molecule has 0 fully saturated rings. The molecule has 13 heteroatoms. The fourth-order valence-corrected chi connectivity index (χ4v) is 4.66. The van der Waals surface area contributed by atoms with Gasteiger partial charge in [0.1, 0.15) is 5.75 Å². The van der Waals surface area contributed by atoms with Gasteiger partial charge in [0.25, 0.3) is 5.91 Å². The zero-order chi connectivity index (χ0) is 21.3. The van der Waals surface area contributed by atoms with Crippen molar-refractivity contribution in [3.63, 3.8) is 0 Å². The quantitative estimate of drug-likeness (QED) is 0.218. The molecule has 150 valence electrons. The second-order valence-electron chi connectivity index (χ2n) is 5.05. The van der Waals surface area contributed by atoms with Crippen LogP contribution in [0.15, 0.2) is 36.4 Å². The van der Waals surface area contributed by atoms with E-state index in [4.69, 9.17) is 4.74 Å². The van der Waals surface area contributed by atoms with Gasteiger partial charge >= 0.3 is 21.5 Å². The summed E-state index contributed by atoms with van der Waals surface area (Å²) in [6, 6.07) is 8.03. The fraction of sp³-hybridized carbons (Fsp3) is 0.0667. The number of sulfonamides is 1.